The van der Waals surface area contributed by atoms with Crippen molar-refractivity contribution in [3.63, 3.8) is 0 Å². The van der Waals surface area contributed by atoms with Crippen LogP contribution in [0.4, 0.5) is 0 Å². The van der Waals surface area contributed by atoms with Crippen molar-refractivity contribution < 1.29 is 14.2 Å². The number of halogens is 1. The van der Waals surface area contributed by atoms with E-state index in [1.165, 1.54) is 17.5 Å². The van der Waals surface area contributed by atoms with Crippen LogP contribution in [0.5, 0.6) is 11.5 Å². The Labute approximate surface area is 198 Å². The first-order valence-electron chi connectivity index (χ1n) is 10.7. The largest absolute Gasteiger partial charge is 0.493 e. The second-order valence-corrected chi connectivity index (χ2v) is 9.14. The molecule has 0 bridgehead atoms. The summed E-state index contributed by atoms with van der Waals surface area (Å²) in [5, 5.41) is 3.63. The van der Waals surface area contributed by atoms with Gasteiger partial charge in [0.15, 0.2) is 17.5 Å². The molecule has 1 aromatic rings. The van der Waals surface area contributed by atoms with Gasteiger partial charge in [0.05, 0.1) is 20.3 Å². The lowest BCUT2D eigenvalue weighted by molar-refractivity contribution is -0.0836. The van der Waals surface area contributed by atoms with E-state index < -0.39 is 0 Å². The monoisotopic (exact) mass is 531 g/mol. The lowest BCUT2D eigenvalue weighted by Gasteiger charge is -2.41. The standard InChI is InChI=1S/C23H37N3O3.HI/c1-23(2,3)21-17(8-7-11-29-21)14-25-22(24-4)26-10-9-16-12-19(27-5)20(28-6)13-18(16)15-26;/h12-13,17,21H,7-11,14-15H2,1-6H3,(H,24,25);1H. The summed E-state index contributed by atoms with van der Waals surface area (Å²) < 4.78 is 17.1. The van der Waals surface area contributed by atoms with Crippen LogP contribution in [0.1, 0.15) is 44.7 Å². The number of fused-ring (bicyclic) bond motifs is 1. The van der Waals surface area contributed by atoms with Gasteiger partial charge in [-0.2, -0.15) is 0 Å². The van der Waals surface area contributed by atoms with Crippen molar-refractivity contribution in [2.45, 2.75) is 52.7 Å². The first-order valence-corrected chi connectivity index (χ1v) is 10.7. The Morgan fingerprint density at radius 1 is 1.20 bits per heavy atom. The third-order valence-corrected chi connectivity index (χ3v) is 6.05. The van der Waals surface area contributed by atoms with Crippen LogP contribution in [0, 0.1) is 11.3 Å². The molecule has 2 atom stereocenters. The Kier molecular flexibility index (Phi) is 9.09. The van der Waals surface area contributed by atoms with Crippen molar-refractivity contribution in [3.05, 3.63) is 23.3 Å². The minimum atomic E-state index is 0. The number of guanidine groups is 1. The third kappa shape index (κ3) is 5.72. The summed E-state index contributed by atoms with van der Waals surface area (Å²) >= 11 is 0. The van der Waals surface area contributed by atoms with Crippen molar-refractivity contribution in [2.75, 3.05) is 41.0 Å². The number of aliphatic imine (C=N–C) groups is 1. The van der Waals surface area contributed by atoms with Crippen LogP contribution >= 0.6 is 24.0 Å². The van der Waals surface area contributed by atoms with Crippen LogP contribution in [0.25, 0.3) is 0 Å². The van der Waals surface area contributed by atoms with E-state index in [9.17, 15) is 0 Å². The number of nitrogens with zero attached hydrogens (tertiary/aromatic N) is 2. The second kappa shape index (κ2) is 10.9. The summed E-state index contributed by atoms with van der Waals surface area (Å²) in [5.41, 5.74) is 2.74. The number of hydrogen-bond acceptors (Lipinski definition) is 4. The van der Waals surface area contributed by atoms with E-state index in [1.807, 2.05) is 7.05 Å². The van der Waals surface area contributed by atoms with Crippen LogP contribution in [0.3, 0.4) is 0 Å². The molecule has 0 saturated carbocycles. The smallest absolute Gasteiger partial charge is 0.193 e. The molecule has 0 radical (unpaired) electrons. The highest BCUT2D eigenvalue weighted by Crippen LogP contribution is 2.35. The van der Waals surface area contributed by atoms with Crippen LogP contribution < -0.4 is 14.8 Å². The van der Waals surface area contributed by atoms with E-state index in [-0.39, 0.29) is 35.5 Å². The maximum absolute atomic E-state index is 6.14. The molecule has 0 aromatic heterocycles. The van der Waals surface area contributed by atoms with Gasteiger partial charge in [0.25, 0.3) is 0 Å². The molecule has 1 saturated heterocycles. The molecule has 2 aliphatic rings. The lowest BCUT2D eigenvalue weighted by Crippen LogP contribution is -2.49. The van der Waals surface area contributed by atoms with Crippen molar-refractivity contribution in [2.24, 2.45) is 16.3 Å². The molecule has 1 N–H and O–H groups in total. The highest BCUT2D eigenvalue weighted by molar-refractivity contribution is 14.0. The van der Waals surface area contributed by atoms with Gasteiger partial charge in [-0.25, -0.2) is 0 Å². The number of rotatable bonds is 4. The van der Waals surface area contributed by atoms with Crippen molar-refractivity contribution in [3.8, 4) is 11.5 Å². The van der Waals surface area contributed by atoms with Crippen LogP contribution in [0.2, 0.25) is 0 Å². The number of methoxy groups -OCH3 is 2. The van der Waals surface area contributed by atoms with Gasteiger partial charge in [-0.15, -0.1) is 24.0 Å². The maximum Gasteiger partial charge on any atom is 0.193 e. The molecule has 2 unspecified atom stereocenters. The average molecular weight is 531 g/mol. The Morgan fingerprint density at radius 2 is 1.87 bits per heavy atom. The Balaban J connectivity index is 0.00000320. The number of ether oxygens (including phenoxy) is 3. The second-order valence-electron chi connectivity index (χ2n) is 9.14. The quantitative estimate of drug-likeness (QED) is 0.361. The summed E-state index contributed by atoms with van der Waals surface area (Å²) in [5.74, 6) is 3.04. The summed E-state index contributed by atoms with van der Waals surface area (Å²) in [6, 6.07) is 4.20. The fourth-order valence-electron chi connectivity index (χ4n) is 4.63. The van der Waals surface area contributed by atoms with Crippen molar-refractivity contribution >= 4 is 29.9 Å². The summed E-state index contributed by atoms with van der Waals surface area (Å²) in [7, 11) is 5.24. The topological polar surface area (TPSA) is 55.3 Å². The molecule has 170 valence electrons. The molecule has 1 fully saturated rings. The zero-order chi connectivity index (χ0) is 21.0. The van der Waals surface area contributed by atoms with E-state index in [2.05, 4.69) is 48.1 Å². The number of nitrogens with one attached hydrogen (secondary N) is 1. The van der Waals surface area contributed by atoms with Gasteiger partial charge in [-0.3, -0.25) is 4.99 Å². The molecule has 3 rings (SSSR count). The Bertz CT molecular complexity index is 733. The van der Waals surface area contributed by atoms with E-state index >= 15 is 0 Å². The molecular weight excluding hydrogens is 493 g/mol. The molecule has 1 aromatic carbocycles. The molecule has 2 aliphatic heterocycles. The van der Waals surface area contributed by atoms with Gasteiger partial charge < -0.3 is 24.4 Å². The fraction of sp³-hybridized carbons (Fsp3) is 0.696. The van der Waals surface area contributed by atoms with Crippen molar-refractivity contribution in [1.82, 2.24) is 10.2 Å². The van der Waals surface area contributed by atoms with Gasteiger partial charge in [0, 0.05) is 39.2 Å². The van der Waals surface area contributed by atoms with E-state index in [0.717, 1.165) is 56.5 Å². The predicted octanol–water partition coefficient (Wildman–Crippen LogP) is 4.10. The predicted molar refractivity (Wildman–Crippen MR) is 132 cm³/mol. The Hall–Kier alpha value is -1.22. The summed E-state index contributed by atoms with van der Waals surface area (Å²) in [6.07, 6.45) is 3.58. The van der Waals surface area contributed by atoms with Gasteiger partial charge >= 0.3 is 0 Å². The normalized spacial score (nSPS) is 22.1. The van der Waals surface area contributed by atoms with E-state index in [1.54, 1.807) is 14.2 Å². The molecule has 0 spiro atoms. The minimum absolute atomic E-state index is 0. The Morgan fingerprint density at radius 3 is 2.47 bits per heavy atom. The average Bonchev–Trinajstić information content (AvgIpc) is 2.72. The zero-order valence-corrected chi connectivity index (χ0v) is 21.6. The van der Waals surface area contributed by atoms with E-state index in [4.69, 9.17) is 14.2 Å². The first kappa shape index (κ1) is 25.0. The highest BCUT2D eigenvalue weighted by atomic mass is 127. The van der Waals surface area contributed by atoms with Gasteiger partial charge in [0.1, 0.15) is 0 Å². The zero-order valence-electron chi connectivity index (χ0n) is 19.3. The fourth-order valence-corrected chi connectivity index (χ4v) is 4.63. The van der Waals surface area contributed by atoms with E-state index in [0.29, 0.717) is 5.92 Å². The number of benzene rings is 1. The van der Waals surface area contributed by atoms with Gasteiger partial charge in [0.2, 0.25) is 0 Å². The highest BCUT2D eigenvalue weighted by Gasteiger charge is 2.35. The summed E-state index contributed by atoms with van der Waals surface area (Å²) in [4.78, 5) is 6.89. The molecule has 7 heteroatoms. The molecular formula is C23H38IN3O3. The van der Waals surface area contributed by atoms with Crippen LogP contribution in [0.15, 0.2) is 17.1 Å². The summed E-state index contributed by atoms with van der Waals surface area (Å²) in [6.45, 7) is 10.3. The molecule has 6 nitrogen and oxygen atoms in total. The maximum atomic E-state index is 6.14. The molecule has 30 heavy (non-hydrogen) atoms. The van der Waals surface area contributed by atoms with Crippen LogP contribution in [-0.2, 0) is 17.7 Å². The van der Waals surface area contributed by atoms with Crippen molar-refractivity contribution in [1.29, 1.82) is 0 Å². The molecule has 0 aliphatic carbocycles. The molecule has 2 heterocycles. The SMILES string of the molecule is CN=C(NCC1CCCOC1C(C)(C)C)N1CCc2cc(OC)c(OC)cc2C1.I. The van der Waals surface area contributed by atoms with Crippen LogP contribution in [-0.4, -0.2) is 57.9 Å². The lowest BCUT2D eigenvalue weighted by atomic mass is 9.78. The number of hydrogen-bond donors (Lipinski definition) is 1. The van der Waals surface area contributed by atoms with Gasteiger partial charge in [-0.05, 0) is 47.9 Å². The molecule has 0 amide bonds. The minimum Gasteiger partial charge on any atom is -0.493 e. The third-order valence-electron chi connectivity index (χ3n) is 6.05. The first-order chi connectivity index (χ1) is 13.9. The van der Waals surface area contributed by atoms with Gasteiger partial charge in [-0.1, -0.05) is 20.8 Å².